The van der Waals surface area contributed by atoms with Crippen LogP contribution in [0, 0.1) is 46.3 Å². The summed E-state index contributed by atoms with van der Waals surface area (Å²) in [4.78, 5) is 34.8. The predicted molar refractivity (Wildman–Crippen MR) is 278 cm³/mol. The Morgan fingerprint density at radius 2 is 1.31 bits per heavy atom. The number of benzene rings is 2. The minimum Gasteiger partial charge on any atom is -0.462 e. The van der Waals surface area contributed by atoms with Crippen molar-refractivity contribution >= 4 is 68.3 Å². The molecule has 10 nitrogen and oxygen atoms in total. The largest absolute Gasteiger partial charge is 0.462 e. The van der Waals surface area contributed by atoms with Gasteiger partial charge in [-0.2, -0.15) is 0 Å². The number of carbonyl (C=O) groups excluding carboxylic acids is 2. The van der Waals surface area contributed by atoms with Crippen LogP contribution in [0.4, 0.5) is 11.4 Å². The van der Waals surface area contributed by atoms with Gasteiger partial charge in [0.15, 0.2) is 0 Å². The monoisotopic (exact) mass is 969 g/mol. The van der Waals surface area contributed by atoms with Crippen molar-refractivity contribution in [2.75, 3.05) is 43.4 Å². The predicted octanol–water partition coefficient (Wildman–Crippen LogP) is 12.7. The summed E-state index contributed by atoms with van der Waals surface area (Å²) < 4.78 is 12.9. The van der Waals surface area contributed by atoms with E-state index < -0.39 is 0 Å². The van der Waals surface area contributed by atoms with E-state index >= 15 is 0 Å². The third kappa shape index (κ3) is 11.6. The molecule has 4 saturated carbocycles. The van der Waals surface area contributed by atoms with Crippen LogP contribution < -0.4 is 21.3 Å². The lowest BCUT2D eigenvalue weighted by Crippen LogP contribution is -2.63. The highest BCUT2D eigenvalue weighted by Crippen LogP contribution is 2.69. The summed E-state index contributed by atoms with van der Waals surface area (Å²) in [5.74, 6) is 2.06. The number of halogens is 2. The van der Waals surface area contributed by atoms with Crippen LogP contribution in [-0.4, -0.2) is 72.9 Å². The van der Waals surface area contributed by atoms with Gasteiger partial charge in [-0.25, -0.2) is 0 Å². The van der Waals surface area contributed by atoms with Gasteiger partial charge in [-0.15, -0.1) is 0 Å². The first-order chi connectivity index (χ1) is 32.8. The molecule has 0 aliphatic heterocycles. The number of rotatable bonds is 22. The van der Waals surface area contributed by atoms with E-state index in [0.29, 0.717) is 45.7 Å². The summed E-state index contributed by atoms with van der Waals surface area (Å²) in [6.07, 6.45) is 20.0. The van der Waals surface area contributed by atoms with Crippen LogP contribution in [0.5, 0.6) is 0 Å². The number of aromatic nitrogens is 2. The molecule has 11 atom stereocenters. The lowest BCUT2D eigenvalue weighted by Gasteiger charge is -2.64. The SMILES string of the molecule is CC(=O)O[C@H]1C[C@H]2[C@@H]([C@H](OC(C)=O)C[C@@H]3C[C@@H](NCCCCCCNc4ccnc5cc(Cl)ccc45)CC[C@@]32C)[C@@H]2CC[C@H]([C@H](C)CCCNCCCCNc3ccnc4cc(Cl)ccc34)[C@@]12C. The van der Waals surface area contributed by atoms with E-state index in [4.69, 9.17) is 32.7 Å². The van der Waals surface area contributed by atoms with E-state index in [1.54, 1.807) is 13.8 Å². The topological polar surface area (TPSA) is 126 Å². The zero-order chi connectivity index (χ0) is 47.8. The van der Waals surface area contributed by atoms with Crippen LogP contribution in [0.2, 0.25) is 10.0 Å². The molecule has 0 spiro atoms. The Hall–Kier alpha value is -3.70. The van der Waals surface area contributed by atoms with Gasteiger partial charge >= 0.3 is 11.9 Å². The molecule has 12 heteroatoms. The quantitative estimate of drug-likeness (QED) is 0.0447. The van der Waals surface area contributed by atoms with E-state index in [1.165, 1.54) is 12.8 Å². The van der Waals surface area contributed by atoms with E-state index in [9.17, 15) is 9.59 Å². The summed E-state index contributed by atoms with van der Waals surface area (Å²) in [6.45, 7) is 15.5. The summed E-state index contributed by atoms with van der Waals surface area (Å²) in [5.41, 5.74) is 4.00. The highest BCUT2D eigenvalue weighted by molar-refractivity contribution is 6.31. The average Bonchev–Trinajstić information content (AvgIpc) is 3.67. The Labute approximate surface area is 415 Å². The molecule has 2 heterocycles. The van der Waals surface area contributed by atoms with E-state index in [0.717, 1.165) is 149 Å². The summed E-state index contributed by atoms with van der Waals surface area (Å²) in [7, 11) is 0. The van der Waals surface area contributed by atoms with Crippen molar-refractivity contribution in [2.24, 2.45) is 46.3 Å². The molecule has 4 aliphatic carbocycles. The number of nitrogens with one attached hydrogen (secondary N) is 4. The Kier molecular flexibility index (Phi) is 17.2. The van der Waals surface area contributed by atoms with Gasteiger partial charge in [0.1, 0.15) is 12.2 Å². The fraction of sp³-hybridized carbons (Fsp3) is 0.643. The third-order valence-electron chi connectivity index (χ3n) is 17.5. The van der Waals surface area contributed by atoms with Crippen LogP contribution >= 0.6 is 23.2 Å². The molecular formula is C56H78Cl2N6O4. The first kappa shape index (κ1) is 50.7. The number of ether oxygens (including phenoxy) is 2. The molecule has 2 aromatic carbocycles. The summed E-state index contributed by atoms with van der Waals surface area (Å²) >= 11 is 12.4. The zero-order valence-electron chi connectivity index (χ0n) is 41.4. The van der Waals surface area contributed by atoms with Crippen LogP contribution in [-0.2, 0) is 19.1 Å². The second-order valence-electron chi connectivity index (χ2n) is 21.6. The first-order valence-corrected chi connectivity index (χ1v) is 27.0. The first-order valence-electron chi connectivity index (χ1n) is 26.2. The molecule has 4 fully saturated rings. The lowest BCUT2D eigenvalue weighted by molar-refractivity contribution is -0.220. The Morgan fingerprint density at radius 3 is 1.96 bits per heavy atom. The maximum atomic E-state index is 13.0. The molecule has 2 aromatic heterocycles. The molecule has 4 aliphatic rings. The minimum absolute atomic E-state index is 0.0925. The maximum Gasteiger partial charge on any atom is 0.302 e. The van der Waals surface area contributed by atoms with Crippen molar-refractivity contribution in [3.63, 3.8) is 0 Å². The van der Waals surface area contributed by atoms with Gasteiger partial charge in [0.25, 0.3) is 0 Å². The Morgan fingerprint density at radius 1 is 0.706 bits per heavy atom. The Bertz CT molecular complexity index is 2330. The van der Waals surface area contributed by atoms with Gasteiger partial charge in [-0.3, -0.25) is 19.6 Å². The van der Waals surface area contributed by atoms with Gasteiger partial charge < -0.3 is 30.7 Å². The van der Waals surface area contributed by atoms with Gasteiger partial charge in [-0.1, -0.05) is 56.8 Å². The van der Waals surface area contributed by atoms with Crippen molar-refractivity contribution in [2.45, 2.75) is 149 Å². The highest BCUT2D eigenvalue weighted by atomic mass is 35.5. The number of esters is 2. The molecule has 0 amide bonds. The molecule has 8 rings (SSSR count). The van der Waals surface area contributed by atoms with Gasteiger partial charge in [0.05, 0.1) is 11.0 Å². The van der Waals surface area contributed by atoms with E-state index in [2.05, 4.69) is 52.0 Å². The second kappa shape index (κ2) is 23.0. The molecule has 0 unspecified atom stereocenters. The number of anilines is 2. The minimum atomic E-state index is -0.170. The standard InChI is InChI=1S/C56H78Cl2N6O4/c1-36(13-12-25-59-24-10-11-28-62-49-22-30-64-51-34-41(58)15-17-44(49)51)45-18-19-46-54-47(35-53(56(45,46)5)68-38(3)66)55(4)23-20-42(31-39(55)32-52(54)67-37(2)65)60-26-8-6-7-9-27-61-48-21-29-63-50-33-40(57)14-16-43(48)50/h14-17,21-22,29-30,33-34,36,39,42,45-47,52-54,59-60H,6-13,18-20,23-28,31-32,35H2,1-5H3,(H,61,63)(H,62,64)/t36-,39+,42+,45-,46+,47+,52-,53+,54+,55+,56-/m1/s1. The van der Waals surface area contributed by atoms with Crippen LogP contribution in [0.3, 0.4) is 0 Å². The average molecular weight is 970 g/mol. The molecule has 68 heavy (non-hydrogen) atoms. The number of hydrogen-bond donors (Lipinski definition) is 4. The van der Waals surface area contributed by atoms with Crippen molar-refractivity contribution in [1.29, 1.82) is 0 Å². The van der Waals surface area contributed by atoms with Crippen molar-refractivity contribution < 1.29 is 19.1 Å². The number of pyridine rings is 2. The molecule has 370 valence electrons. The highest BCUT2D eigenvalue weighted by Gasteiger charge is 2.67. The number of hydrogen-bond acceptors (Lipinski definition) is 10. The fourth-order valence-corrected chi connectivity index (χ4v) is 14.5. The van der Waals surface area contributed by atoms with Crippen LogP contribution in [0.25, 0.3) is 21.8 Å². The van der Waals surface area contributed by atoms with Gasteiger partial charge in [0, 0.05) is 88.9 Å². The smallest absolute Gasteiger partial charge is 0.302 e. The Balaban J connectivity index is 0.800. The lowest BCUT2D eigenvalue weighted by atomic mass is 9.43. The second-order valence-corrected chi connectivity index (χ2v) is 22.4. The van der Waals surface area contributed by atoms with Crippen LogP contribution in [0.1, 0.15) is 131 Å². The summed E-state index contributed by atoms with van der Waals surface area (Å²) in [6, 6.07) is 16.3. The summed E-state index contributed by atoms with van der Waals surface area (Å²) in [5, 5.41) is 18.5. The van der Waals surface area contributed by atoms with Crippen molar-refractivity contribution in [3.8, 4) is 0 Å². The number of unbranched alkanes of at least 4 members (excludes halogenated alkanes) is 4. The normalized spacial score (nSPS) is 29.2. The molecule has 4 N–H and O–H groups in total. The molecule has 0 bridgehead atoms. The van der Waals surface area contributed by atoms with Crippen molar-refractivity contribution in [3.05, 3.63) is 71.0 Å². The van der Waals surface area contributed by atoms with Gasteiger partial charge in [-0.05, 0) is 187 Å². The van der Waals surface area contributed by atoms with E-state index in [-0.39, 0.29) is 40.9 Å². The molecular weight excluding hydrogens is 892 g/mol. The van der Waals surface area contributed by atoms with E-state index in [1.807, 2.05) is 60.9 Å². The number of fused-ring (bicyclic) bond motifs is 7. The zero-order valence-corrected chi connectivity index (χ0v) is 42.9. The van der Waals surface area contributed by atoms with Crippen molar-refractivity contribution in [1.82, 2.24) is 20.6 Å². The molecule has 0 radical (unpaired) electrons. The maximum absolute atomic E-state index is 13.0. The fourth-order valence-electron chi connectivity index (χ4n) is 14.2. The number of carbonyl (C=O) groups is 2. The molecule has 4 aromatic rings. The number of nitrogens with zero attached hydrogens (tertiary/aromatic N) is 2. The van der Waals surface area contributed by atoms with Crippen LogP contribution in [0.15, 0.2) is 60.9 Å². The molecule has 0 saturated heterocycles. The third-order valence-corrected chi connectivity index (χ3v) is 18.0. The van der Waals surface area contributed by atoms with Gasteiger partial charge in [0.2, 0.25) is 0 Å².